The summed E-state index contributed by atoms with van der Waals surface area (Å²) in [4.78, 5) is 23.3. The van der Waals surface area contributed by atoms with Crippen molar-refractivity contribution < 1.29 is 23.5 Å². The minimum Gasteiger partial charge on any atom is -0.481 e. The molecule has 0 saturated carbocycles. The Morgan fingerprint density at radius 1 is 1.35 bits per heavy atom. The van der Waals surface area contributed by atoms with E-state index in [0.717, 1.165) is 18.2 Å². The van der Waals surface area contributed by atoms with Gasteiger partial charge in [0, 0.05) is 32.1 Å². The highest BCUT2D eigenvalue weighted by atomic mass is 19.1. The van der Waals surface area contributed by atoms with Crippen LogP contribution in [-0.2, 0) is 11.3 Å². The number of carboxylic acid groups (broad SMARTS) is 1. The summed E-state index contributed by atoms with van der Waals surface area (Å²) in [5.74, 6) is -2.11. The van der Waals surface area contributed by atoms with E-state index in [0.29, 0.717) is 6.42 Å². The number of carbonyl (C=O) groups excluding carboxylic acids is 1. The van der Waals surface area contributed by atoms with Gasteiger partial charge in [-0.1, -0.05) is 0 Å². The van der Waals surface area contributed by atoms with E-state index in [2.05, 4.69) is 5.32 Å². The van der Waals surface area contributed by atoms with Crippen LogP contribution < -0.4 is 5.32 Å². The number of halogens is 2. The zero-order chi connectivity index (χ0) is 15.1. The molecule has 7 heteroatoms. The Labute approximate surface area is 115 Å². The van der Waals surface area contributed by atoms with E-state index in [9.17, 15) is 18.4 Å². The molecule has 0 aliphatic rings. The van der Waals surface area contributed by atoms with Crippen molar-refractivity contribution in [3.63, 3.8) is 0 Å². The van der Waals surface area contributed by atoms with Crippen LogP contribution in [0.2, 0.25) is 0 Å². The highest BCUT2D eigenvalue weighted by Gasteiger charge is 2.10. The Balaban J connectivity index is 2.42. The summed E-state index contributed by atoms with van der Waals surface area (Å²) in [6, 6.07) is 2.53. The summed E-state index contributed by atoms with van der Waals surface area (Å²) in [6.07, 6.45) is 0.295. The minimum absolute atomic E-state index is 0.0316. The number of carboxylic acids is 1. The summed E-state index contributed by atoms with van der Waals surface area (Å²) in [6.45, 7) is 0.134. The summed E-state index contributed by atoms with van der Waals surface area (Å²) >= 11 is 0. The van der Waals surface area contributed by atoms with Gasteiger partial charge in [0.15, 0.2) is 0 Å². The Morgan fingerprint density at radius 3 is 2.70 bits per heavy atom. The molecule has 20 heavy (non-hydrogen) atoms. The lowest BCUT2D eigenvalue weighted by molar-refractivity contribution is -0.137. The third kappa shape index (κ3) is 5.21. The highest BCUT2D eigenvalue weighted by Crippen LogP contribution is 2.09. The number of nitrogens with zero attached hydrogens (tertiary/aromatic N) is 1. The number of benzene rings is 1. The zero-order valence-corrected chi connectivity index (χ0v) is 11.0. The predicted molar refractivity (Wildman–Crippen MR) is 68.1 cm³/mol. The van der Waals surface area contributed by atoms with Crippen molar-refractivity contribution in [2.75, 3.05) is 13.6 Å². The van der Waals surface area contributed by atoms with Crippen LogP contribution in [0.5, 0.6) is 0 Å². The van der Waals surface area contributed by atoms with E-state index in [1.807, 2.05) is 0 Å². The summed E-state index contributed by atoms with van der Waals surface area (Å²) in [5, 5.41) is 10.9. The topological polar surface area (TPSA) is 69.6 Å². The zero-order valence-electron chi connectivity index (χ0n) is 11.0. The van der Waals surface area contributed by atoms with Crippen LogP contribution in [-0.4, -0.2) is 35.6 Å². The first-order valence-electron chi connectivity index (χ1n) is 6.05. The van der Waals surface area contributed by atoms with Crippen molar-refractivity contribution >= 4 is 12.0 Å². The molecule has 0 aromatic heterocycles. The van der Waals surface area contributed by atoms with E-state index in [4.69, 9.17) is 5.11 Å². The molecule has 0 fully saturated rings. The summed E-state index contributed by atoms with van der Waals surface area (Å²) < 4.78 is 26.2. The average Bonchev–Trinajstić information content (AvgIpc) is 2.38. The second-order valence-electron chi connectivity index (χ2n) is 4.31. The molecule has 0 spiro atoms. The first-order chi connectivity index (χ1) is 9.40. The molecule has 0 aliphatic heterocycles. The van der Waals surface area contributed by atoms with Crippen molar-refractivity contribution in [1.82, 2.24) is 10.2 Å². The van der Waals surface area contributed by atoms with Crippen molar-refractivity contribution in [2.24, 2.45) is 0 Å². The molecular weight excluding hydrogens is 270 g/mol. The standard InChI is InChI=1S/C13H16F2N2O3/c1-17(6-2-3-12(18)19)13(20)16-8-9-7-10(14)4-5-11(9)15/h4-5,7H,2-3,6,8H2,1H3,(H,16,20)(H,18,19). The Kier molecular flexibility index (Phi) is 5.89. The Morgan fingerprint density at radius 2 is 2.05 bits per heavy atom. The molecule has 5 nitrogen and oxygen atoms in total. The molecule has 0 saturated heterocycles. The third-order valence-corrected chi connectivity index (χ3v) is 2.67. The van der Waals surface area contributed by atoms with E-state index >= 15 is 0 Å². The molecule has 110 valence electrons. The first kappa shape index (κ1) is 15.9. The van der Waals surface area contributed by atoms with Gasteiger partial charge in [-0.05, 0) is 24.6 Å². The Bertz CT molecular complexity index is 495. The van der Waals surface area contributed by atoms with Gasteiger partial charge in [-0.3, -0.25) is 4.79 Å². The van der Waals surface area contributed by atoms with Crippen LogP contribution in [0.3, 0.4) is 0 Å². The number of amides is 2. The molecule has 0 unspecified atom stereocenters. The van der Waals surface area contributed by atoms with Crippen molar-refractivity contribution in [2.45, 2.75) is 19.4 Å². The Hall–Kier alpha value is -2.18. The molecule has 2 N–H and O–H groups in total. The quantitative estimate of drug-likeness (QED) is 0.840. The van der Waals surface area contributed by atoms with E-state index in [-0.39, 0.29) is 25.1 Å². The van der Waals surface area contributed by atoms with Gasteiger partial charge in [-0.15, -0.1) is 0 Å². The maximum Gasteiger partial charge on any atom is 0.317 e. The van der Waals surface area contributed by atoms with Gasteiger partial charge < -0.3 is 15.3 Å². The number of carbonyl (C=O) groups is 2. The fourth-order valence-corrected chi connectivity index (χ4v) is 1.55. The van der Waals surface area contributed by atoms with Gasteiger partial charge in [-0.25, -0.2) is 13.6 Å². The second kappa shape index (κ2) is 7.42. The summed E-state index contributed by atoms with van der Waals surface area (Å²) in [5.41, 5.74) is 0.0530. The van der Waals surface area contributed by atoms with Crippen molar-refractivity contribution in [3.05, 3.63) is 35.4 Å². The molecule has 0 atom stereocenters. The number of nitrogens with one attached hydrogen (secondary N) is 1. The number of aliphatic carboxylic acids is 1. The van der Waals surface area contributed by atoms with Crippen LogP contribution in [0.1, 0.15) is 18.4 Å². The predicted octanol–water partition coefficient (Wildman–Crippen LogP) is 1.97. The number of rotatable bonds is 6. The van der Waals surface area contributed by atoms with Gasteiger partial charge in [0.2, 0.25) is 0 Å². The molecule has 1 aromatic carbocycles. The number of urea groups is 1. The van der Waals surface area contributed by atoms with Crippen molar-refractivity contribution in [1.29, 1.82) is 0 Å². The fourth-order valence-electron chi connectivity index (χ4n) is 1.55. The van der Waals surface area contributed by atoms with E-state index in [1.54, 1.807) is 0 Å². The van der Waals surface area contributed by atoms with E-state index < -0.39 is 23.6 Å². The lowest BCUT2D eigenvalue weighted by Gasteiger charge is -2.17. The van der Waals surface area contributed by atoms with Crippen LogP contribution in [0, 0.1) is 11.6 Å². The van der Waals surface area contributed by atoms with Crippen LogP contribution >= 0.6 is 0 Å². The number of hydrogen-bond donors (Lipinski definition) is 2. The SMILES string of the molecule is CN(CCCC(=O)O)C(=O)NCc1cc(F)ccc1F. The fraction of sp³-hybridized carbons (Fsp3) is 0.385. The first-order valence-corrected chi connectivity index (χ1v) is 6.05. The monoisotopic (exact) mass is 286 g/mol. The van der Waals surface area contributed by atoms with Gasteiger partial charge in [0.1, 0.15) is 11.6 Å². The van der Waals surface area contributed by atoms with Crippen molar-refractivity contribution in [3.8, 4) is 0 Å². The minimum atomic E-state index is -0.930. The molecule has 0 bridgehead atoms. The molecule has 0 aliphatic carbocycles. The molecule has 0 heterocycles. The smallest absolute Gasteiger partial charge is 0.317 e. The lowest BCUT2D eigenvalue weighted by atomic mass is 10.2. The van der Waals surface area contributed by atoms with Gasteiger partial charge in [0.05, 0.1) is 0 Å². The van der Waals surface area contributed by atoms with Gasteiger partial charge in [-0.2, -0.15) is 0 Å². The maximum atomic E-state index is 13.3. The van der Waals surface area contributed by atoms with Crippen LogP contribution in [0.15, 0.2) is 18.2 Å². The normalized spacial score (nSPS) is 10.2. The van der Waals surface area contributed by atoms with E-state index in [1.165, 1.54) is 11.9 Å². The largest absolute Gasteiger partial charge is 0.481 e. The van der Waals surface area contributed by atoms with Crippen LogP contribution in [0.4, 0.5) is 13.6 Å². The maximum absolute atomic E-state index is 13.3. The van der Waals surface area contributed by atoms with Crippen LogP contribution in [0.25, 0.3) is 0 Å². The average molecular weight is 286 g/mol. The molecule has 1 aromatic rings. The van der Waals surface area contributed by atoms with Gasteiger partial charge in [0.25, 0.3) is 0 Å². The third-order valence-electron chi connectivity index (χ3n) is 2.67. The second-order valence-corrected chi connectivity index (χ2v) is 4.31. The molecular formula is C13H16F2N2O3. The molecule has 1 rings (SSSR count). The molecule has 2 amide bonds. The lowest BCUT2D eigenvalue weighted by Crippen LogP contribution is -2.37. The number of hydrogen-bond acceptors (Lipinski definition) is 2. The van der Waals surface area contributed by atoms with Gasteiger partial charge >= 0.3 is 12.0 Å². The molecule has 0 radical (unpaired) electrons. The highest BCUT2D eigenvalue weighted by molar-refractivity contribution is 5.74. The summed E-state index contributed by atoms with van der Waals surface area (Å²) in [7, 11) is 1.50.